The zero-order chi connectivity index (χ0) is 18.6. The molecule has 136 valence electrons. The molecule has 1 heterocycles. The minimum atomic E-state index is -0.655. The maximum absolute atomic E-state index is 12.3. The highest BCUT2D eigenvalue weighted by Crippen LogP contribution is 2.37. The molecule has 0 spiro atoms. The predicted molar refractivity (Wildman–Crippen MR) is 88.6 cm³/mol. The quantitative estimate of drug-likeness (QED) is 0.736. The van der Waals surface area contributed by atoms with Crippen LogP contribution in [0, 0.1) is 6.92 Å². The summed E-state index contributed by atoms with van der Waals surface area (Å²) in [5, 5.41) is 0. The van der Waals surface area contributed by atoms with Crippen LogP contribution in [0.15, 0.2) is 23.4 Å². The average Bonchev–Trinajstić information content (AvgIpc) is 2.65. The number of aryl methyl sites for hydroxylation is 1. The lowest BCUT2D eigenvalue weighted by atomic mass is 10.1. The van der Waals surface area contributed by atoms with Gasteiger partial charge in [-0.3, -0.25) is 0 Å². The van der Waals surface area contributed by atoms with E-state index < -0.39 is 11.9 Å². The van der Waals surface area contributed by atoms with Crippen LogP contribution in [0.3, 0.4) is 0 Å². The Balaban J connectivity index is 2.63. The molecule has 2 rings (SSSR count). The van der Waals surface area contributed by atoms with E-state index in [2.05, 4.69) is 0 Å². The van der Waals surface area contributed by atoms with Gasteiger partial charge in [0.15, 0.2) is 11.5 Å². The number of carbonyl (C=O) groups is 2. The average molecular weight is 351 g/mol. The first-order valence-corrected chi connectivity index (χ1v) is 7.46. The van der Waals surface area contributed by atoms with Gasteiger partial charge in [-0.15, -0.1) is 0 Å². The van der Waals surface area contributed by atoms with Crippen molar-refractivity contribution in [1.82, 2.24) is 0 Å². The van der Waals surface area contributed by atoms with Crippen LogP contribution in [0.5, 0.6) is 11.5 Å². The number of esters is 2. The standard InChI is InChI=1S/C17H21NO7/c1-10-6-13(21-2)14(22-3)7-12(10)18-9-25-8-11(16(19)23-4)15(18)17(20)24-5/h6-7H,8-9H2,1-5H3. The van der Waals surface area contributed by atoms with Gasteiger partial charge in [0.2, 0.25) is 0 Å². The number of hydrogen-bond acceptors (Lipinski definition) is 8. The highest BCUT2D eigenvalue weighted by Gasteiger charge is 2.33. The minimum Gasteiger partial charge on any atom is -0.493 e. The first kappa shape index (κ1) is 18.6. The number of methoxy groups -OCH3 is 4. The molecular weight excluding hydrogens is 330 g/mol. The topological polar surface area (TPSA) is 83.5 Å². The van der Waals surface area contributed by atoms with E-state index in [0.29, 0.717) is 17.2 Å². The highest BCUT2D eigenvalue weighted by molar-refractivity contribution is 6.03. The van der Waals surface area contributed by atoms with Crippen molar-refractivity contribution in [3.05, 3.63) is 29.0 Å². The third-order valence-corrected chi connectivity index (χ3v) is 3.83. The Bertz CT molecular complexity index is 711. The number of benzene rings is 1. The maximum atomic E-state index is 12.3. The lowest BCUT2D eigenvalue weighted by Gasteiger charge is -2.32. The molecule has 0 saturated carbocycles. The predicted octanol–water partition coefficient (Wildman–Crippen LogP) is 1.41. The number of nitrogens with zero attached hydrogens (tertiary/aromatic N) is 1. The van der Waals surface area contributed by atoms with Gasteiger partial charge in [-0.25, -0.2) is 9.59 Å². The fourth-order valence-corrected chi connectivity index (χ4v) is 2.59. The number of rotatable bonds is 5. The Morgan fingerprint density at radius 3 is 2.16 bits per heavy atom. The molecule has 1 aromatic rings. The van der Waals surface area contributed by atoms with Gasteiger partial charge < -0.3 is 28.6 Å². The summed E-state index contributed by atoms with van der Waals surface area (Å²) >= 11 is 0. The summed E-state index contributed by atoms with van der Waals surface area (Å²) < 4.78 is 25.7. The van der Waals surface area contributed by atoms with Gasteiger partial charge >= 0.3 is 11.9 Å². The van der Waals surface area contributed by atoms with Gasteiger partial charge in [-0.05, 0) is 18.6 Å². The summed E-state index contributed by atoms with van der Waals surface area (Å²) in [6.45, 7) is 1.87. The van der Waals surface area contributed by atoms with Crippen LogP contribution in [0.4, 0.5) is 5.69 Å². The summed E-state index contributed by atoms with van der Waals surface area (Å²) in [6.07, 6.45) is 0. The fraction of sp³-hybridized carbons (Fsp3) is 0.412. The summed E-state index contributed by atoms with van der Waals surface area (Å²) in [6, 6.07) is 3.48. The maximum Gasteiger partial charge on any atom is 0.355 e. The zero-order valence-electron chi connectivity index (χ0n) is 14.9. The normalized spacial score (nSPS) is 14.2. The molecule has 1 aromatic carbocycles. The molecule has 0 fully saturated rings. The van der Waals surface area contributed by atoms with Crippen LogP contribution in [0.25, 0.3) is 0 Å². The second-order valence-corrected chi connectivity index (χ2v) is 5.21. The lowest BCUT2D eigenvalue weighted by Crippen LogP contribution is -2.39. The summed E-state index contributed by atoms with van der Waals surface area (Å²) in [5.41, 5.74) is 1.60. The summed E-state index contributed by atoms with van der Waals surface area (Å²) in [4.78, 5) is 25.9. The third kappa shape index (κ3) is 3.53. The smallest absolute Gasteiger partial charge is 0.355 e. The van der Waals surface area contributed by atoms with E-state index in [4.69, 9.17) is 23.7 Å². The molecule has 0 bridgehead atoms. The van der Waals surface area contributed by atoms with Crippen LogP contribution in [0.1, 0.15) is 5.56 Å². The third-order valence-electron chi connectivity index (χ3n) is 3.83. The molecule has 25 heavy (non-hydrogen) atoms. The van der Waals surface area contributed by atoms with E-state index >= 15 is 0 Å². The van der Waals surface area contributed by atoms with E-state index in [-0.39, 0.29) is 24.6 Å². The molecule has 1 aliphatic heterocycles. The first-order chi connectivity index (χ1) is 12.0. The van der Waals surface area contributed by atoms with Gasteiger partial charge in [0.1, 0.15) is 12.4 Å². The van der Waals surface area contributed by atoms with Gasteiger partial charge in [-0.1, -0.05) is 0 Å². The Morgan fingerprint density at radius 2 is 1.60 bits per heavy atom. The Morgan fingerprint density at radius 1 is 1.00 bits per heavy atom. The van der Waals surface area contributed by atoms with Crippen molar-refractivity contribution < 1.29 is 33.3 Å². The molecule has 0 N–H and O–H groups in total. The summed E-state index contributed by atoms with van der Waals surface area (Å²) in [5.74, 6) is -0.267. The second kappa shape index (κ2) is 7.89. The van der Waals surface area contributed by atoms with Crippen molar-refractivity contribution in [1.29, 1.82) is 0 Å². The number of hydrogen-bond donors (Lipinski definition) is 0. The van der Waals surface area contributed by atoms with Crippen molar-refractivity contribution in [2.45, 2.75) is 6.92 Å². The number of anilines is 1. The highest BCUT2D eigenvalue weighted by atomic mass is 16.5. The largest absolute Gasteiger partial charge is 0.493 e. The number of carbonyl (C=O) groups excluding carboxylic acids is 2. The van der Waals surface area contributed by atoms with E-state index in [0.717, 1.165) is 5.56 Å². The van der Waals surface area contributed by atoms with Crippen LogP contribution in [-0.2, 0) is 23.8 Å². The van der Waals surface area contributed by atoms with Gasteiger partial charge in [0, 0.05) is 6.07 Å². The SMILES string of the molecule is COC(=O)C1=C(C(=O)OC)N(c2cc(OC)c(OC)cc2C)COC1. The second-order valence-electron chi connectivity index (χ2n) is 5.21. The van der Waals surface area contributed by atoms with Crippen LogP contribution < -0.4 is 14.4 Å². The van der Waals surface area contributed by atoms with Gasteiger partial charge in [0.05, 0.1) is 46.3 Å². The Hall–Kier alpha value is -2.74. The van der Waals surface area contributed by atoms with Crippen molar-refractivity contribution in [3.63, 3.8) is 0 Å². The van der Waals surface area contributed by atoms with Crippen molar-refractivity contribution in [2.75, 3.05) is 46.7 Å². The van der Waals surface area contributed by atoms with E-state index in [1.807, 2.05) is 6.92 Å². The monoisotopic (exact) mass is 351 g/mol. The zero-order valence-corrected chi connectivity index (χ0v) is 14.9. The van der Waals surface area contributed by atoms with E-state index in [1.165, 1.54) is 28.4 Å². The van der Waals surface area contributed by atoms with E-state index in [9.17, 15) is 9.59 Å². The molecule has 0 radical (unpaired) electrons. The molecule has 8 nitrogen and oxygen atoms in total. The molecule has 0 unspecified atom stereocenters. The minimum absolute atomic E-state index is 0.0417. The molecule has 0 amide bonds. The first-order valence-electron chi connectivity index (χ1n) is 7.46. The molecule has 0 atom stereocenters. The Labute approximate surface area is 145 Å². The van der Waals surface area contributed by atoms with E-state index in [1.54, 1.807) is 17.0 Å². The van der Waals surface area contributed by atoms with Crippen molar-refractivity contribution >= 4 is 17.6 Å². The van der Waals surface area contributed by atoms with Crippen molar-refractivity contribution in [3.8, 4) is 11.5 Å². The number of ether oxygens (including phenoxy) is 5. The molecule has 0 aromatic heterocycles. The van der Waals surface area contributed by atoms with Gasteiger partial charge in [-0.2, -0.15) is 0 Å². The van der Waals surface area contributed by atoms with Crippen LogP contribution in [-0.4, -0.2) is 53.7 Å². The van der Waals surface area contributed by atoms with Crippen LogP contribution in [0.2, 0.25) is 0 Å². The van der Waals surface area contributed by atoms with Gasteiger partial charge in [0.25, 0.3) is 0 Å². The summed E-state index contributed by atoms with van der Waals surface area (Å²) in [7, 11) is 5.54. The molecule has 1 aliphatic rings. The Kier molecular flexibility index (Phi) is 5.87. The fourth-order valence-electron chi connectivity index (χ4n) is 2.59. The molecule has 0 saturated heterocycles. The lowest BCUT2D eigenvalue weighted by molar-refractivity contribution is -0.140. The van der Waals surface area contributed by atoms with Crippen molar-refractivity contribution in [2.24, 2.45) is 0 Å². The molecule has 0 aliphatic carbocycles. The van der Waals surface area contributed by atoms with Crippen LogP contribution >= 0.6 is 0 Å². The molecule has 8 heteroatoms. The molecular formula is C17H21NO7.